The Balaban J connectivity index is 0.000000720. The first-order chi connectivity index (χ1) is 5.29. The Kier molecular flexibility index (Phi) is 2.24. The zero-order valence-electron chi connectivity index (χ0n) is 6.69. The number of nitrogens with two attached hydrogens (primary N) is 1. The molecule has 0 unspecified atom stereocenters. The predicted molar refractivity (Wildman–Crippen MR) is 51.6 cm³/mol. The van der Waals surface area contributed by atoms with Crippen molar-refractivity contribution in [1.82, 2.24) is 9.38 Å². The summed E-state index contributed by atoms with van der Waals surface area (Å²) in [5.41, 5.74) is 7.72. The first-order valence-electron chi connectivity index (χ1n) is 3.47. The SMILES string of the molecule is Cc1cccn2c(N)cnc12.Cl. The second-order valence-electron chi connectivity index (χ2n) is 2.57. The van der Waals surface area contributed by atoms with Gasteiger partial charge >= 0.3 is 0 Å². The molecular weight excluding hydrogens is 174 g/mol. The van der Waals surface area contributed by atoms with Gasteiger partial charge in [0.2, 0.25) is 0 Å². The maximum atomic E-state index is 5.65. The van der Waals surface area contributed by atoms with Gasteiger partial charge in [-0.1, -0.05) is 6.07 Å². The number of hydrogen-bond donors (Lipinski definition) is 1. The van der Waals surface area contributed by atoms with Crippen LogP contribution in [-0.4, -0.2) is 9.38 Å². The number of halogens is 1. The van der Waals surface area contributed by atoms with Crippen LogP contribution in [0, 0.1) is 6.92 Å². The van der Waals surface area contributed by atoms with Gasteiger partial charge in [0.1, 0.15) is 11.5 Å². The smallest absolute Gasteiger partial charge is 0.141 e. The Morgan fingerprint density at radius 1 is 1.50 bits per heavy atom. The van der Waals surface area contributed by atoms with Crippen molar-refractivity contribution in [3.63, 3.8) is 0 Å². The van der Waals surface area contributed by atoms with E-state index >= 15 is 0 Å². The van der Waals surface area contributed by atoms with Crippen molar-refractivity contribution in [3.05, 3.63) is 30.1 Å². The second kappa shape index (κ2) is 3.03. The fraction of sp³-hybridized carbons (Fsp3) is 0.125. The molecule has 3 nitrogen and oxygen atoms in total. The fourth-order valence-electron chi connectivity index (χ4n) is 1.17. The number of anilines is 1. The third kappa shape index (κ3) is 1.12. The van der Waals surface area contributed by atoms with Gasteiger partial charge < -0.3 is 5.73 Å². The molecule has 0 radical (unpaired) electrons. The molecule has 2 aromatic heterocycles. The van der Waals surface area contributed by atoms with Crippen molar-refractivity contribution in [3.8, 4) is 0 Å². The number of nitrogen functional groups attached to an aromatic ring is 1. The van der Waals surface area contributed by atoms with Crippen molar-refractivity contribution in [1.29, 1.82) is 0 Å². The summed E-state index contributed by atoms with van der Waals surface area (Å²) < 4.78 is 1.87. The molecule has 0 aromatic carbocycles. The van der Waals surface area contributed by atoms with E-state index in [0.29, 0.717) is 5.82 Å². The second-order valence-corrected chi connectivity index (χ2v) is 2.57. The van der Waals surface area contributed by atoms with Crippen LogP contribution in [0.4, 0.5) is 5.82 Å². The number of imidazole rings is 1. The zero-order valence-corrected chi connectivity index (χ0v) is 7.51. The number of pyridine rings is 1. The minimum atomic E-state index is 0. The molecule has 0 fully saturated rings. The highest BCUT2D eigenvalue weighted by molar-refractivity contribution is 5.85. The zero-order chi connectivity index (χ0) is 7.84. The number of hydrogen-bond acceptors (Lipinski definition) is 2. The van der Waals surface area contributed by atoms with E-state index in [2.05, 4.69) is 4.98 Å². The largest absolute Gasteiger partial charge is 0.383 e. The molecule has 0 amide bonds. The van der Waals surface area contributed by atoms with Crippen LogP contribution in [0.15, 0.2) is 24.5 Å². The summed E-state index contributed by atoms with van der Waals surface area (Å²) >= 11 is 0. The van der Waals surface area contributed by atoms with Crippen LogP contribution < -0.4 is 5.73 Å². The third-order valence-electron chi connectivity index (χ3n) is 1.76. The summed E-state index contributed by atoms with van der Waals surface area (Å²) in [4.78, 5) is 4.16. The molecule has 0 saturated carbocycles. The average molecular weight is 184 g/mol. The molecule has 2 aromatic rings. The Bertz CT molecular complexity index is 394. The van der Waals surface area contributed by atoms with Gasteiger partial charge in [0, 0.05) is 6.20 Å². The van der Waals surface area contributed by atoms with E-state index in [0.717, 1.165) is 11.2 Å². The maximum Gasteiger partial charge on any atom is 0.141 e. The van der Waals surface area contributed by atoms with Crippen molar-refractivity contribution >= 4 is 23.9 Å². The van der Waals surface area contributed by atoms with Crippen LogP contribution in [0.3, 0.4) is 0 Å². The quantitative estimate of drug-likeness (QED) is 0.675. The van der Waals surface area contributed by atoms with E-state index in [9.17, 15) is 0 Å². The first kappa shape index (κ1) is 8.87. The highest BCUT2D eigenvalue weighted by Gasteiger charge is 1.99. The van der Waals surface area contributed by atoms with Crippen LogP contribution in [0.25, 0.3) is 5.65 Å². The molecule has 0 aliphatic carbocycles. The number of fused-ring (bicyclic) bond motifs is 1. The van der Waals surface area contributed by atoms with Crippen LogP contribution in [0.2, 0.25) is 0 Å². The molecule has 2 rings (SSSR count). The normalized spacial score (nSPS) is 9.75. The standard InChI is InChI=1S/C8H9N3.ClH/c1-6-3-2-4-11-7(9)5-10-8(6)11;/h2-5H,9H2,1H3;1H. The topological polar surface area (TPSA) is 43.3 Å². The lowest BCUT2D eigenvalue weighted by Gasteiger charge is -1.96. The predicted octanol–water partition coefficient (Wildman–Crippen LogP) is 1.65. The van der Waals surface area contributed by atoms with Crippen LogP contribution >= 0.6 is 12.4 Å². The number of nitrogens with zero attached hydrogens (tertiary/aromatic N) is 2. The molecule has 64 valence electrons. The Morgan fingerprint density at radius 3 is 2.92 bits per heavy atom. The van der Waals surface area contributed by atoms with Gasteiger partial charge in [0.15, 0.2) is 0 Å². The summed E-state index contributed by atoms with van der Waals surface area (Å²) in [5, 5.41) is 0. The molecule has 2 N–H and O–H groups in total. The van der Waals surface area contributed by atoms with E-state index in [1.807, 2.05) is 29.7 Å². The molecule has 0 saturated heterocycles. The average Bonchev–Trinajstić information content (AvgIpc) is 2.35. The van der Waals surface area contributed by atoms with E-state index in [1.54, 1.807) is 6.20 Å². The Labute approximate surface area is 76.6 Å². The number of rotatable bonds is 0. The molecule has 12 heavy (non-hydrogen) atoms. The van der Waals surface area contributed by atoms with Crippen molar-refractivity contribution in [2.75, 3.05) is 5.73 Å². The summed E-state index contributed by atoms with van der Waals surface area (Å²) in [6.07, 6.45) is 3.58. The molecule has 0 spiro atoms. The highest BCUT2D eigenvalue weighted by Crippen LogP contribution is 2.11. The molecule has 0 aliphatic heterocycles. The number of aryl methyl sites for hydroxylation is 1. The maximum absolute atomic E-state index is 5.65. The Hall–Kier alpha value is -1.22. The summed E-state index contributed by atoms with van der Waals surface area (Å²) in [7, 11) is 0. The number of aromatic nitrogens is 2. The van der Waals surface area contributed by atoms with Gasteiger partial charge in [-0.15, -0.1) is 12.4 Å². The first-order valence-corrected chi connectivity index (χ1v) is 3.47. The van der Waals surface area contributed by atoms with Gasteiger partial charge in [-0.2, -0.15) is 0 Å². The Morgan fingerprint density at radius 2 is 2.25 bits per heavy atom. The van der Waals surface area contributed by atoms with Gasteiger partial charge in [-0.05, 0) is 18.6 Å². The molecule has 0 aliphatic rings. The van der Waals surface area contributed by atoms with Gasteiger partial charge in [-0.3, -0.25) is 4.40 Å². The van der Waals surface area contributed by atoms with Gasteiger partial charge in [0.05, 0.1) is 6.20 Å². The summed E-state index contributed by atoms with van der Waals surface area (Å²) in [5.74, 6) is 0.684. The summed E-state index contributed by atoms with van der Waals surface area (Å²) in [6, 6.07) is 3.97. The third-order valence-corrected chi connectivity index (χ3v) is 1.76. The highest BCUT2D eigenvalue weighted by atomic mass is 35.5. The lowest BCUT2D eigenvalue weighted by atomic mass is 10.3. The van der Waals surface area contributed by atoms with E-state index in [-0.39, 0.29) is 12.4 Å². The van der Waals surface area contributed by atoms with Crippen LogP contribution in [0.5, 0.6) is 0 Å². The van der Waals surface area contributed by atoms with Crippen molar-refractivity contribution in [2.45, 2.75) is 6.92 Å². The van der Waals surface area contributed by atoms with Gasteiger partial charge in [-0.25, -0.2) is 4.98 Å². The van der Waals surface area contributed by atoms with Crippen LogP contribution in [-0.2, 0) is 0 Å². The molecule has 0 atom stereocenters. The van der Waals surface area contributed by atoms with E-state index < -0.39 is 0 Å². The van der Waals surface area contributed by atoms with Crippen LogP contribution in [0.1, 0.15) is 5.56 Å². The lowest BCUT2D eigenvalue weighted by molar-refractivity contribution is 1.17. The van der Waals surface area contributed by atoms with Crippen molar-refractivity contribution in [2.24, 2.45) is 0 Å². The molecule has 0 bridgehead atoms. The summed E-state index contributed by atoms with van der Waals surface area (Å²) in [6.45, 7) is 2.02. The van der Waals surface area contributed by atoms with Crippen molar-refractivity contribution < 1.29 is 0 Å². The van der Waals surface area contributed by atoms with E-state index in [4.69, 9.17) is 5.73 Å². The molecule has 4 heteroatoms. The minimum absolute atomic E-state index is 0. The minimum Gasteiger partial charge on any atom is -0.383 e. The van der Waals surface area contributed by atoms with E-state index in [1.165, 1.54) is 0 Å². The monoisotopic (exact) mass is 183 g/mol. The fourth-order valence-corrected chi connectivity index (χ4v) is 1.17. The molecular formula is C8H10ClN3. The van der Waals surface area contributed by atoms with Gasteiger partial charge in [0.25, 0.3) is 0 Å². The lowest BCUT2D eigenvalue weighted by Crippen LogP contribution is -1.92. The molecule has 2 heterocycles.